The maximum atomic E-state index is 13.8. The number of thioether (sulfide) groups is 1. The minimum absolute atomic E-state index is 0.214. The van der Waals surface area contributed by atoms with Crippen LogP contribution >= 0.6 is 11.8 Å². The number of imide groups is 1. The van der Waals surface area contributed by atoms with Crippen LogP contribution in [-0.2, 0) is 17.9 Å². The lowest BCUT2D eigenvalue weighted by molar-refractivity contribution is -0.123. The van der Waals surface area contributed by atoms with Crippen molar-refractivity contribution in [2.24, 2.45) is 0 Å². The molecule has 1 fully saturated rings. The highest BCUT2D eigenvalue weighted by atomic mass is 32.2. The summed E-state index contributed by atoms with van der Waals surface area (Å²) in [4.78, 5) is 27.2. The molecule has 2 amide bonds. The van der Waals surface area contributed by atoms with Gasteiger partial charge in [0.2, 0.25) is 0 Å². The van der Waals surface area contributed by atoms with E-state index in [1.165, 1.54) is 11.0 Å². The molecule has 2 heterocycles. The van der Waals surface area contributed by atoms with Crippen molar-refractivity contribution in [2.75, 3.05) is 6.61 Å². The zero-order chi connectivity index (χ0) is 23.5. The largest absolute Gasteiger partial charge is 0.489 e. The Balaban J connectivity index is 1.37. The Morgan fingerprint density at radius 1 is 0.912 bits per heavy atom. The third kappa shape index (κ3) is 4.47. The Morgan fingerprint density at radius 3 is 2.47 bits per heavy atom. The first-order valence-corrected chi connectivity index (χ1v) is 11.7. The van der Waals surface area contributed by atoms with E-state index < -0.39 is 5.82 Å². The van der Waals surface area contributed by atoms with Crippen molar-refractivity contribution in [3.63, 3.8) is 0 Å². The standard InChI is InChI=1S/C27H21FN2O3S/c28-22-11-5-7-13-24(22)33-15-14-29-18-20(21-10-4-6-12-23(21)29)16-25-26(31)30(27(32)34-25)17-19-8-2-1-3-9-19/h1-13,16,18H,14-15,17H2/b25-16-. The third-order valence-corrected chi connectivity index (χ3v) is 6.50. The number of fused-ring (bicyclic) bond motifs is 1. The van der Waals surface area contributed by atoms with Crippen LogP contribution in [0.4, 0.5) is 9.18 Å². The molecule has 1 saturated heterocycles. The van der Waals surface area contributed by atoms with E-state index in [0.29, 0.717) is 11.4 Å². The van der Waals surface area contributed by atoms with Gasteiger partial charge in [-0.25, -0.2) is 4.39 Å². The topological polar surface area (TPSA) is 51.5 Å². The highest BCUT2D eigenvalue weighted by molar-refractivity contribution is 8.18. The van der Waals surface area contributed by atoms with E-state index in [2.05, 4.69) is 0 Å². The Bertz CT molecular complexity index is 1400. The Hall–Kier alpha value is -3.84. The second-order valence-corrected chi connectivity index (χ2v) is 8.82. The molecule has 0 radical (unpaired) electrons. The molecule has 7 heteroatoms. The molecule has 0 atom stereocenters. The summed E-state index contributed by atoms with van der Waals surface area (Å²) >= 11 is 0.953. The van der Waals surface area contributed by atoms with Gasteiger partial charge in [-0.05, 0) is 41.6 Å². The molecule has 34 heavy (non-hydrogen) atoms. The second-order valence-electron chi connectivity index (χ2n) is 7.83. The van der Waals surface area contributed by atoms with Gasteiger partial charge in [0.25, 0.3) is 11.1 Å². The molecule has 5 rings (SSSR count). The van der Waals surface area contributed by atoms with E-state index in [1.54, 1.807) is 24.3 Å². The van der Waals surface area contributed by atoms with Crippen LogP contribution in [0.2, 0.25) is 0 Å². The van der Waals surface area contributed by atoms with Crippen LogP contribution in [-0.4, -0.2) is 27.2 Å². The van der Waals surface area contributed by atoms with E-state index in [4.69, 9.17) is 4.74 Å². The lowest BCUT2D eigenvalue weighted by Crippen LogP contribution is -2.27. The van der Waals surface area contributed by atoms with Gasteiger partial charge in [0.05, 0.1) is 18.0 Å². The van der Waals surface area contributed by atoms with E-state index in [1.807, 2.05) is 65.4 Å². The van der Waals surface area contributed by atoms with Crippen LogP contribution in [0.25, 0.3) is 17.0 Å². The van der Waals surface area contributed by atoms with Crippen LogP contribution in [0.1, 0.15) is 11.1 Å². The average Bonchev–Trinajstić information content (AvgIpc) is 3.33. The fourth-order valence-electron chi connectivity index (χ4n) is 3.93. The number of ether oxygens (including phenoxy) is 1. The molecule has 170 valence electrons. The van der Waals surface area contributed by atoms with Crippen LogP contribution in [0.3, 0.4) is 0 Å². The fourth-order valence-corrected chi connectivity index (χ4v) is 4.76. The van der Waals surface area contributed by atoms with Crippen molar-refractivity contribution < 1.29 is 18.7 Å². The maximum Gasteiger partial charge on any atom is 0.293 e. The summed E-state index contributed by atoms with van der Waals surface area (Å²) in [7, 11) is 0. The number of hydrogen-bond acceptors (Lipinski definition) is 4. The normalized spacial score (nSPS) is 15.0. The summed E-state index contributed by atoms with van der Waals surface area (Å²) in [6.07, 6.45) is 3.70. The number of rotatable bonds is 7. The van der Waals surface area contributed by atoms with E-state index in [0.717, 1.165) is 33.8 Å². The highest BCUT2D eigenvalue weighted by Crippen LogP contribution is 2.35. The lowest BCUT2D eigenvalue weighted by atomic mass is 10.1. The van der Waals surface area contributed by atoms with Crippen LogP contribution < -0.4 is 4.74 Å². The molecule has 0 N–H and O–H groups in total. The van der Waals surface area contributed by atoms with Crippen molar-refractivity contribution in [2.45, 2.75) is 13.1 Å². The molecule has 4 aromatic rings. The number of para-hydroxylation sites is 2. The number of hydrogen-bond donors (Lipinski definition) is 0. The molecular weight excluding hydrogens is 451 g/mol. The molecule has 0 aliphatic carbocycles. The molecule has 3 aromatic carbocycles. The molecule has 1 aromatic heterocycles. The third-order valence-electron chi connectivity index (χ3n) is 5.59. The Morgan fingerprint density at radius 2 is 1.65 bits per heavy atom. The summed E-state index contributed by atoms with van der Waals surface area (Å²) in [5, 5.41) is 0.686. The zero-order valence-corrected chi connectivity index (χ0v) is 19.0. The van der Waals surface area contributed by atoms with Gasteiger partial charge in [-0.15, -0.1) is 0 Å². The predicted octanol–water partition coefficient (Wildman–Crippen LogP) is 6.10. The van der Waals surface area contributed by atoms with E-state index >= 15 is 0 Å². The summed E-state index contributed by atoms with van der Waals surface area (Å²) < 4.78 is 21.5. The molecule has 1 aliphatic heterocycles. The van der Waals surface area contributed by atoms with Crippen LogP contribution in [0.5, 0.6) is 5.75 Å². The first-order valence-electron chi connectivity index (χ1n) is 10.8. The zero-order valence-electron chi connectivity index (χ0n) is 18.2. The SMILES string of the molecule is O=C1S/C(=C\c2cn(CCOc3ccccc3F)c3ccccc23)C(=O)N1Cc1ccccc1. The number of benzene rings is 3. The molecule has 0 bridgehead atoms. The van der Waals surface area contributed by atoms with Gasteiger partial charge >= 0.3 is 0 Å². The van der Waals surface area contributed by atoms with Crippen molar-refractivity contribution in [1.29, 1.82) is 0 Å². The number of carbonyl (C=O) groups is 2. The van der Waals surface area contributed by atoms with Gasteiger partial charge in [0.15, 0.2) is 11.6 Å². The van der Waals surface area contributed by atoms with Gasteiger partial charge in [-0.1, -0.05) is 60.7 Å². The molecule has 1 aliphatic rings. The van der Waals surface area contributed by atoms with Crippen molar-refractivity contribution in [3.05, 3.63) is 107 Å². The smallest absolute Gasteiger partial charge is 0.293 e. The lowest BCUT2D eigenvalue weighted by Gasteiger charge is -2.12. The average molecular weight is 473 g/mol. The van der Waals surface area contributed by atoms with E-state index in [9.17, 15) is 14.0 Å². The highest BCUT2D eigenvalue weighted by Gasteiger charge is 2.35. The number of aromatic nitrogens is 1. The number of nitrogens with zero attached hydrogens (tertiary/aromatic N) is 2. The molecular formula is C27H21FN2O3S. The monoisotopic (exact) mass is 472 g/mol. The first kappa shape index (κ1) is 22.0. The number of halogens is 1. The first-order chi connectivity index (χ1) is 16.6. The fraction of sp³-hybridized carbons (Fsp3) is 0.111. The van der Waals surface area contributed by atoms with Gasteiger partial charge in [0.1, 0.15) is 6.61 Å². The summed E-state index contributed by atoms with van der Waals surface area (Å²) in [6, 6.07) is 23.6. The molecule has 0 spiro atoms. The van der Waals surface area contributed by atoms with Crippen LogP contribution in [0, 0.1) is 5.82 Å². The summed E-state index contributed by atoms with van der Waals surface area (Å²) in [6.45, 7) is 1.03. The van der Waals surface area contributed by atoms with Gasteiger partial charge < -0.3 is 9.30 Å². The predicted molar refractivity (Wildman–Crippen MR) is 132 cm³/mol. The molecule has 0 saturated carbocycles. The minimum atomic E-state index is -0.396. The number of amides is 2. The van der Waals surface area contributed by atoms with E-state index in [-0.39, 0.29) is 30.0 Å². The Labute approximate surface area is 200 Å². The van der Waals surface area contributed by atoms with Gasteiger partial charge in [0, 0.05) is 22.7 Å². The molecule has 5 nitrogen and oxygen atoms in total. The number of carbonyl (C=O) groups excluding carboxylic acids is 2. The van der Waals surface area contributed by atoms with Crippen molar-refractivity contribution in [3.8, 4) is 5.75 Å². The quantitative estimate of drug-likeness (QED) is 0.305. The summed E-state index contributed by atoms with van der Waals surface area (Å²) in [5.41, 5.74) is 2.71. The van der Waals surface area contributed by atoms with Crippen LogP contribution in [0.15, 0.2) is 90.0 Å². The summed E-state index contributed by atoms with van der Waals surface area (Å²) in [5.74, 6) is -0.475. The minimum Gasteiger partial charge on any atom is -0.489 e. The van der Waals surface area contributed by atoms with Gasteiger partial charge in [-0.3, -0.25) is 14.5 Å². The molecule has 0 unspecified atom stereocenters. The van der Waals surface area contributed by atoms with Crippen molar-refractivity contribution in [1.82, 2.24) is 9.47 Å². The Kier molecular flexibility index (Phi) is 6.18. The van der Waals surface area contributed by atoms with Crippen molar-refractivity contribution >= 4 is 39.9 Å². The second kappa shape index (κ2) is 9.57. The van der Waals surface area contributed by atoms with Gasteiger partial charge in [-0.2, -0.15) is 0 Å². The maximum absolute atomic E-state index is 13.8.